The van der Waals surface area contributed by atoms with Crippen molar-refractivity contribution in [3.63, 3.8) is 0 Å². The zero-order valence-corrected chi connectivity index (χ0v) is 23.4. The van der Waals surface area contributed by atoms with Crippen LogP contribution < -0.4 is 20.1 Å². The van der Waals surface area contributed by atoms with Crippen LogP contribution in [0.4, 0.5) is 4.39 Å². The number of hydrogen-bond acceptors (Lipinski definition) is 4. The van der Waals surface area contributed by atoms with Crippen LogP contribution in [0, 0.1) is 34.4 Å². The Morgan fingerprint density at radius 3 is 2.38 bits per heavy atom. The second kappa shape index (κ2) is 10.8. The first kappa shape index (κ1) is 27.7. The van der Waals surface area contributed by atoms with E-state index in [2.05, 4.69) is 45.3 Å². The minimum Gasteiger partial charge on any atom is -0.496 e. The molecule has 0 radical (unpaired) electrons. The molecule has 1 aromatic rings. The number of methoxy groups -OCH3 is 1. The van der Waals surface area contributed by atoms with Crippen molar-refractivity contribution in [3.8, 4) is 11.5 Å². The van der Waals surface area contributed by atoms with E-state index >= 15 is 0 Å². The Hall–Kier alpha value is -2.31. The molecular weight excluding hydrogens is 471 g/mol. The summed E-state index contributed by atoms with van der Waals surface area (Å²) in [6.45, 7) is 11.4. The highest BCUT2D eigenvalue weighted by atomic mass is 19.1. The van der Waals surface area contributed by atoms with E-state index < -0.39 is 5.82 Å². The molecular formula is C30H45FN2O4. The number of amides is 2. The molecule has 6 nitrogen and oxygen atoms in total. The zero-order chi connectivity index (χ0) is 27.0. The molecule has 3 saturated carbocycles. The minimum absolute atomic E-state index is 0.0129. The molecule has 3 aliphatic carbocycles. The van der Waals surface area contributed by atoms with Crippen LogP contribution in [0.2, 0.25) is 0 Å². The number of hydrogen-bond donors (Lipinski definition) is 2. The molecule has 3 aliphatic rings. The minimum atomic E-state index is -0.531. The van der Waals surface area contributed by atoms with Crippen molar-refractivity contribution in [1.29, 1.82) is 0 Å². The third-order valence-corrected chi connectivity index (χ3v) is 9.10. The van der Waals surface area contributed by atoms with Crippen LogP contribution in [-0.4, -0.2) is 37.6 Å². The maximum atomic E-state index is 14.9. The molecule has 2 bridgehead atoms. The van der Waals surface area contributed by atoms with Gasteiger partial charge in [-0.1, -0.05) is 41.0 Å². The molecule has 206 valence electrons. The number of rotatable bonds is 8. The highest BCUT2D eigenvalue weighted by Crippen LogP contribution is 2.49. The van der Waals surface area contributed by atoms with Gasteiger partial charge in [0.2, 0.25) is 5.91 Å². The highest BCUT2D eigenvalue weighted by molar-refractivity contribution is 5.98. The van der Waals surface area contributed by atoms with Crippen LogP contribution in [0.1, 0.15) is 96.3 Å². The van der Waals surface area contributed by atoms with Crippen LogP contribution in [0.3, 0.4) is 0 Å². The molecule has 0 heterocycles. The SMILES string of the molecule is CC[C@]1(C)CC[C@@H](Oc2cc(C(=O)N[C@@H]3[C@H]4CC[C@H](C4)[C@@H]3C(=O)NCC(C)(C)C)c(OC)cc2F)CC1. The van der Waals surface area contributed by atoms with Crippen molar-refractivity contribution >= 4 is 11.8 Å². The summed E-state index contributed by atoms with van der Waals surface area (Å²) in [6, 6.07) is 2.46. The van der Waals surface area contributed by atoms with E-state index in [9.17, 15) is 14.0 Å². The lowest BCUT2D eigenvalue weighted by atomic mass is 9.73. The highest BCUT2D eigenvalue weighted by Gasteiger charge is 2.51. The van der Waals surface area contributed by atoms with Gasteiger partial charge in [0, 0.05) is 18.7 Å². The lowest BCUT2D eigenvalue weighted by Crippen LogP contribution is -2.50. The van der Waals surface area contributed by atoms with E-state index in [0.29, 0.717) is 12.0 Å². The van der Waals surface area contributed by atoms with E-state index in [4.69, 9.17) is 9.47 Å². The van der Waals surface area contributed by atoms with Gasteiger partial charge >= 0.3 is 0 Å². The van der Waals surface area contributed by atoms with Crippen molar-refractivity contribution in [2.24, 2.45) is 28.6 Å². The monoisotopic (exact) mass is 516 g/mol. The number of fused-ring (bicyclic) bond motifs is 2. The number of carbonyl (C=O) groups excluding carboxylic acids is 2. The van der Waals surface area contributed by atoms with Crippen LogP contribution in [-0.2, 0) is 4.79 Å². The molecule has 4 rings (SSSR count). The largest absolute Gasteiger partial charge is 0.496 e. The molecule has 0 saturated heterocycles. The van der Waals surface area contributed by atoms with Crippen molar-refractivity contribution < 1.29 is 23.5 Å². The quantitative estimate of drug-likeness (QED) is 0.452. The molecule has 0 spiro atoms. The fourth-order valence-corrected chi connectivity index (χ4v) is 6.49. The third kappa shape index (κ3) is 6.23. The maximum Gasteiger partial charge on any atom is 0.255 e. The van der Waals surface area contributed by atoms with Gasteiger partial charge in [-0.3, -0.25) is 9.59 Å². The summed E-state index contributed by atoms with van der Waals surface area (Å²) >= 11 is 0. The number of halogens is 1. The lowest BCUT2D eigenvalue weighted by Gasteiger charge is -2.36. The van der Waals surface area contributed by atoms with Gasteiger partial charge in [-0.15, -0.1) is 0 Å². The summed E-state index contributed by atoms with van der Waals surface area (Å²) < 4.78 is 26.4. The first-order chi connectivity index (χ1) is 17.4. The van der Waals surface area contributed by atoms with Crippen molar-refractivity contribution in [2.75, 3.05) is 13.7 Å². The topological polar surface area (TPSA) is 76.7 Å². The first-order valence-corrected chi connectivity index (χ1v) is 14.1. The summed E-state index contributed by atoms with van der Waals surface area (Å²) in [5, 5.41) is 6.24. The lowest BCUT2D eigenvalue weighted by molar-refractivity contribution is -0.127. The molecule has 37 heavy (non-hydrogen) atoms. The normalized spacial score (nSPS) is 31.2. The van der Waals surface area contributed by atoms with E-state index in [0.717, 1.165) is 51.4 Å². The Bertz CT molecular complexity index is 996. The van der Waals surface area contributed by atoms with E-state index in [-0.39, 0.29) is 64.2 Å². The number of carbonyl (C=O) groups is 2. The van der Waals surface area contributed by atoms with Crippen molar-refractivity contribution in [3.05, 3.63) is 23.5 Å². The predicted molar refractivity (Wildman–Crippen MR) is 142 cm³/mol. The standard InChI is InChI=1S/C30H45FN2O4/c1-7-30(5)12-10-20(11-13-30)37-24-15-21(23(36-6)16-22(24)31)27(34)33-26-19-9-8-18(14-19)25(26)28(35)32-17-29(2,3)4/h15-16,18-20,25-26H,7-14,17H2,1-6H3,(H,32,35)(H,33,34)/t18-,19+,20-,25+,26-,30-/m1/s1. The van der Waals surface area contributed by atoms with Gasteiger partial charge in [0.25, 0.3) is 5.91 Å². The van der Waals surface area contributed by atoms with E-state index in [1.165, 1.54) is 19.2 Å². The number of nitrogens with one attached hydrogen (secondary N) is 2. The molecule has 7 heteroatoms. The van der Waals surface area contributed by atoms with Crippen LogP contribution >= 0.6 is 0 Å². The molecule has 0 aromatic heterocycles. The average molecular weight is 517 g/mol. The second-order valence-electron chi connectivity index (χ2n) is 13.1. The Kier molecular flexibility index (Phi) is 8.10. The predicted octanol–water partition coefficient (Wildman–Crippen LogP) is 5.88. The summed E-state index contributed by atoms with van der Waals surface area (Å²) in [6.07, 6.45) is 7.85. The Labute approximate surface area is 221 Å². The summed E-state index contributed by atoms with van der Waals surface area (Å²) in [7, 11) is 1.43. The van der Waals surface area contributed by atoms with E-state index in [1.54, 1.807) is 0 Å². The van der Waals surface area contributed by atoms with Crippen LogP contribution in [0.25, 0.3) is 0 Å². The Morgan fingerprint density at radius 1 is 1.08 bits per heavy atom. The van der Waals surface area contributed by atoms with Gasteiger partial charge in [-0.25, -0.2) is 4.39 Å². The van der Waals surface area contributed by atoms with Crippen LogP contribution in [0.5, 0.6) is 11.5 Å². The van der Waals surface area contributed by atoms with Gasteiger partial charge in [0.05, 0.1) is 24.7 Å². The smallest absolute Gasteiger partial charge is 0.255 e. The fourth-order valence-electron chi connectivity index (χ4n) is 6.49. The molecule has 0 unspecified atom stereocenters. The zero-order valence-electron chi connectivity index (χ0n) is 23.4. The van der Waals surface area contributed by atoms with Gasteiger partial charge < -0.3 is 20.1 Å². The van der Waals surface area contributed by atoms with Crippen molar-refractivity contribution in [2.45, 2.75) is 98.1 Å². The van der Waals surface area contributed by atoms with E-state index in [1.807, 2.05) is 0 Å². The third-order valence-electron chi connectivity index (χ3n) is 9.10. The summed E-state index contributed by atoms with van der Waals surface area (Å²) in [5.74, 6) is -0.307. The molecule has 3 fully saturated rings. The molecule has 1 aromatic carbocycles. The van der Waals surface area contributed by atoms with Gasteiger partial charge in [0.1, 0.15) is 5.75 Å². The Morgan fingerprint density at radius 2 is 1.76 bits per heavy atom. The van der Waals surface area contributed by atoms with Gasteiger partial charge in [-0.2, -0.15) is 0 Å². The molecule has 4 atom stereocenters. The van der Waals surface area contributed by atoms with Gasteiger partial charge in [0.15, 0.2) is 11.6 Å². The maximum absolute atomic E-state index is 14.9. The Balaban J connectivity index is 1.49. The summed E-state index contributed by atoms with van der Waals surface area (Å²) in [5.41, 5.74) is 0.543. The summed E-state index contributed by atoms with van der Waals surface area (Å²) in [4.78, 5) is 26.7. The van der Waals surface area contributed by atoms with Crippen molar-refractivity contribution in [1.82, 2.24) is 10.6 Å². The molecule has 2 amide bonds. The van der Waals surface area contributed by atoms with Crippen LogP contribution in [0.15, 0.2) is 12.1 Å². The molecule has 2 N–H and O–H groups in total. The number of benzene rings is 1. The van der Waals surface area contributed by atoms with Gasteiger partial charge in [-0.05, 0) is 73.7 Å². The fraction of sp³-hybridized carbons (Fsp3) is 0.733. The second-order valence-corrected chi connectivity index (χ2v) is 13.1. The first-order valence-electron chi connectivity index (χ1n) is 14.1. The number of ether oxygens (including phenoxy) is 2. The molecule has 0 aliphatic heterocycles. The average Bonchev–Trinajstić information content (AvgIpc) is 3.46.